The quantitative estimate of drug-likeness (QED) is 0.461. The van der Waals surface area contributed by atoms with Crippen molar-refractivity contribution >= 4 is 5.91 Å². The number of carbonyl (C=O) groups is 1. The Labute approximate surface area is 169 Å². The summed E-state index contributed by atoms with van der Waals surface area (Å²) in [6.45, 7) is 0.481. The third-order valence-corrected chi connectivity index (χ3v) is 4.72. The molecule has 0 aliphatic carbocycles. The van der Waals surface area contributed by atoms with E-state index in [9.17, 15) is 9.90 Å². The summed E-state index contributed by atoms with van der Waals surface area (Å²) >= 11 is 0. The zero-order valence-corrected chi connectivity index (χ0v) is 15.8. The molecule has 144 valence electrons. The number of phenolic OH excluding ortho intramolecular Hbond substituents is 1. The number of aromatic amines is 1. The number of amides is 1. The highest BCUT2D eigenvalue weighted by Gasteiger charge is 2.14. The van der Waals surface area contributed by atoms with Gasteiger partial charge < -0.3 is 10.4 Å². The highest BCUT2D eigenvalue weighted by Crippen LogP contribution is 2.26. The van der Waals surface area contributed by atoms with E-state index in [2.05, 4.69) is 15.5 Å². The number of benzene rings is 3. The molecule has 4 rings (SSSR count). The number of rotatable bonds is 6. The van der Waals surface area contributed by atoms with E-state index < -0.39 is 0 Å². The Morgan fingerprint density at radius 3 is 2.55 bits per heavy atom. The van der Waals surface area contributed by atoms with Crippen molar-refractivity contribution < 1.29 is 9.90 Å². The fourth-order valence-electron chi connectivity index (χ4n) is 3.26. The van der Waals surface area contributed by atoms with Gasteiger partial charge in [-0.15, -0.1) is 0 Å². The van der Waals surface area contributed by atoms with Gasteiger partial charge >= 0.3 is 0 Å². The summed E-state index contributed by atoms with van der Waals surface area (Å²) in [7, 11) is 0. The second-order valence-corrected chi connectivity index (χ2v) is 6.75. The maximum absolute atomic E-state index is 12.8. The van der Waals surface area contributed by atoms with E-state index >= 15 is 0 Å². The molecule has 0 radical (unpaired) electrons. The first-order chi connectivity index (χ1) is 14.2. The highest BCUT2D eigenvalue weighted by atomic mass is 16.3. The molecule has 0 saturated carbocycles. The van der Waals surface area contributed by atoms with Gasteiger partial charge in [-0.05, 0) is 36.2 Å². The molecule has 4 aromatic rings. The van der Waals surface area contributed by atoms with Crippen molar-refractivity contribution in [2.75, 3.05) is 6.54 Å². The molecule has 0 bridgehead atoms. The molecule has 5 nitrogen and oxygen atoms in total. The lowest BCUT2D eigenvalue weighted by molar-refractivity contribution is 0.0955. The second kappa shape index (κ2) is 8.44. The molecule has 0 fully saturated rings. The Bertz CT molecular complexity index is 1120. The minimum absolute atomic E-state index is 0.142. The Balaban J connectivity index is 1.49. The molecule has 0 aliphatic rings. The van der Waals surface area contributed by atoms with Crippen LogP contribution in [0.1, 0.15) is 15.9 Å². The van der Waals surface area contributed by atoms with Crippen LogP contribution in [0.5, 0.6) is 5.75 Å². The van der Waals surface area contributed by atoms with Crippen LogP contribution >= 0.6 is 0 Å². The molecule has 0 atom stereocenters. The number of nitrogens with one attached hydrogen (secondary N) is 2. The van der Waals surface area contributed by atoms with Crippen LogP contribution in [0.15, 0.2) is 84.9 Å². The van der Waals surface area contributed by atoms with Crippen molar-refractivity contribution in [1.82, 2.24) is 15.5 Å². The first-order valence-corrected chi connectivity index (χ1v) is 9.47. The first kappa shape index (κ1) is 18.5. The number of H-pyrrole nitrogens is 1. The minimum Gasteiger partial charge on any atom is -0.508 e. The van der Waals surface area contributed by atoms with E-state index in [4.69, 9.17) is 0 Å². The molecule has 0 aliphatic heterocycles. The van der Waals surface area contributed by atoms with Gasteiger partial charge in [-0.3, -0.25) is 9.89 Å². The zero-order valence-electron chi connectivity index (χ0n) is 15.8. The third-order valence-electron chi connectivity index (χ3n) is 4.72. The Morgan fingerprint density at radius 2 is 1.72 bits per heavy atom. The van der Waals surface area contributed by atoms with E-state index in [1.807, 2.05) is 66.7 Å². The molecule has 1 heterocycles. The zero-order chi connectivity index (χ0) is 20.1. The monoisotopic (exact) mass is 383 g/mol. The van der Waals surface area contributed by atoms with E-state index in [0.29, 0.717) is 18.5 Å². The fraction of sp³-hybridized carbons (Fsp3) is 0.0833. The lowest BCUT2D eigenvalue weighted by Crippen LogP contribution is -2.26. The van der Waals surface area contributed by atoms with Crippen LogP contribution in [0, 0.1) is 0 Å². The lowest BCUT2D eigenvalue weighted by atomic mass is 10.0. The molecule has 5 heteroatoms. The first-order valence-electron chi connectivity index (χ1n) is 9.47. The summed E-state index contributed by atoms with van der Waals surface area (Å²) in [6.07, 6.45) is 0.643. The average molecular weight is 383 g/mol. The van der Waals surface area contributed by atoms with E-state index in [0.717, 1.165) is 28.1 Å². The van der Waals surface area contributed by atoms with Gasteiger partial charge in [-0.25, -0.2) is 0 Å². The third kappa shape index (κ3) is 4.35. The molecule has 0 saturated heterocycles. The molecule has 29 heavy (non-hydrogen) atoms. The number of aromatic hydroxyl groups is 1. The predicted octanol–water partition coefficient (Wildman–Crippen LogP) is 4.42. The number of nitrogens with zero attached hydrogens (tertiary/aromatic N) is 1. The molecule has 0 unspecified atom stereocenters. The van der Waals surface area contributed by atoms with Crippen molar-refractivity contribution in [2.24, 2.45) is 0 Å². The van der Waals surface area contributed by atoms with E-state index in [-0.39, 0.29) is 11.7 Å². The minimum atomic E-state index is -0.142. The van der Waals surface area contributed by atoms with Gasteiger partial charge in [0.15, 0.2) is 0 Å². The summed E-state index contributed by atoms with van der Waals surface area (Å²) in [4.78, 5) is 12.8. The van der Waals surface area contributed by atoms with Crippen LogP contribution in [-0.4, -0.2) is 27.8 Å². The van der Waals surface area contributed by atoms with Crippen molar-refractivity contribution in [2.45, 2.75) is 6.42 Å². The van der Waals surface area contributed by atoms with Crippen molar-refractivity contribution in [1.29, 1.82) is 0 Å². The molecule has 0 spiro atoms. The van der Waals surface area contributed by atoms with Gasteiger partial charge in [0.2, 0.25) is 0 Å². The predicted molar refractivity (Wildman–Crippen MR) is 114 cm³/mol. The van der Waals surface area contributed by atoms with Gasteiger partial charge in [0.25, 0.3) is 5.91 Å². The summed E-state index contributed by atoms with van der Waals surface area (Å²) in [5.74, 6) is 0.0873. The molecule has 1 amide bonds. The molecule has 1 aromatic heterocycles. The van der Waals surface area contributed by atoms with Gasteiger partial charge in [0.1, 0.15) is 5.75 Å². The van der Waals surface area contributed by atoms with Gasteiger partial charge in [-0.1, -0.05) is 60.7 Å². The maximum atomic E-state index is 12.8. The summed E-state index contributed by atoms with van der Waals surface area (Å²) < 4.78 is 0. The molecular weight excluding hydrogens is 362 g/mol. The topological polar surface area (TPSA) is 78.0 Å². The lowest BCUT2D eigenvalue weighted by Gasteiger charge is -2.09. The van der Waals surface area contributed by atoms with Crippen molar-refractivity contribution in [3.05, 3.63) is 96.1 Å². The molecule has 3 N–H and O–H groups in total. The average Bonchev–Trinajstić information content (AvgIpc) is 3.25. The summed E-state index contributed by atoms with van der Waals surface area (Å²) in [5.41, 5.74) is 5.01. The second-order valence-electron chi connectivity index (χ2n) is 6.75. The van der Waals surface area contributed by atoms with Crippen molar-refractivity contribution in [3.8, 4) is 28.3 Å². The van der Waals surface area contributed by atoms with Crippen LogP contribution < -0.4 is 5.32 Å². The van der Waals surface area contributed by atoms with Crippen molar-refractivity contribution in [3.63, 3.8) is 0 Å². The fourth-order valence-corrected chi connectivity index (χ4v) is 3.26. The smallest absolute Gasteiger partial charge is 0.251 e. The molecular formula is C24H21N3O2. The molecule has 3 aromatic carbocycles. The van der Waals surface area contributed by atoms with Crippen LogP contribution in [0.25, 0.3) is 22.5 Å². The Kier molecular flexibility index (Phi) is 5.38. The number of hydrogen-bond donors (Lipinski definition) is 3. The van der Waals surface area contributed by atoms with Gasteiger partial charge in [-0.2, -0.15) is 5.10 Å². The van der Waals surface area contributed by atoms with Crippen LogP contribution in [0.2, 0.25) is 0 Å². The highest BCUT2D eigenvalue weighted by molar-refractivity contribution is 6.00. The van der Waals surface area contributed by atoms with Gasteiger partial charge in [0, 0.05) is 23.2 Å². The summed E-state index contributed by atoms with van der Waals surface area (Å²) in [5, 5.41) is 19.9. The van der Waals surface area contributed by atoms with E-state index in [1.165, 1.54) is 0 Å². The number of hydrogen-bond acceptors (Lipinski definition) is 3. The standard InChI is InChI=1S/C24H21N3O2/c28-19-10-6-7-17(15-19)13-14-25-24(29)21-12-5-4-11-20(21)23-16-22(26-27-23)18-8-2-1-3-9-18/h1-12,15-16,28H,13-14H2,(H,25,29)(H,26,27). The normalized spacial score (nSPS) is 10.6. The number of aromatic nitrogens is 2. The largest absolute Gasteiger partial charge is 0.508 e. The Hall–Kier alpha value is -3.86. The van der Waals surface area contributed by atoms with Gasteiger partial charge in [0.05, 0.1) is 11.4 Å². The maximum Gasteiger partial charge on any atom is 0.251 e. The number of carbonyl (C=O) groups excluding carboxylic acids is 1. The van der Waals surface area contributed by atoms with Crippen LogP contribution in [-0.2, 0) is 6.42 Å². The number of phenols is 1. The van der Waals surface area contributed by atoms with E-state index in [1.54, 1.807) is 18.2 Å². The van der Waals surface area contributed by atoms with Crippen LogP contribution in [0.4, 0.5) is 0 Å². The Morgan fingerprint density at radius 1 is 0.931 bits per heavy atom. The SMILES string of the molecule is O=C(NCCc1cccc(O)c1)c1ccccc1-c1cc(-c2ccccc2)n[nH]1. The van der Waals surface area contributed by atoms with Crippen LogP contribution in [0.3, 0.4) is 0 Å². The summed E-state index contributed by atoms with van der Waals surface area (Å²) in [6, 6.07) is 26.4.